The Labute approximate surface area is 158 Å². The molecule has 8 nitrogen and oxygen atoms in total. The van der Waals surface area contributed by atoms with E-state index in [1.54, 1.807) is 24.4 Å². The van der Waals surface area contributed by atoms with Crippen molar-refractivity contribution in [3.63, 3.8) is 0 Å². The number of nitrogens with one attached hydrogen (secondary N) is 1. The molecule has 0 aromatic carbocycles. The Morgan fingerprint density at radius 3 is 2.89 bits per heavy atom. The number of carbonyl (C=O) groups is 1. The first-order valence-corrected chi connectivity index (χ1v) is 9.64. The molecule has 2 atom stereocenters. The molecule has 2 fully saturated rings. The lowest BCUT2D eigenvalue weighted by Crippen LogP contribution is -2.53. The van der Waals surface area contributed by atoms with E-state index in [2.05, 4.69) is 25.3 Å². The van der Waals surface area contributed by atoms with Crippen molar-refractivity contribution >= 4 is 5.91 Å². The van der Waals surface area contributed by atoms with Crippen LogP contribution in [0.25, 0.3) is 0 Å². The Morgan fingerprint density at radius 1 is 1.30 bits per heavy atom. The van der Waals surface area contributed by atoms with E-state index in [-0.39, 0.29) is 11.9 Å². The lowest BCUT2D eigenvalue weighted by Gasteiger charge is -2.35. The SMILES string of the molecule is O=C(N[C@@H]1CCN(Cc2noc(C3CCCC3)n2)C[C@H]1O)c1ccccn1. The Kier molecular flexibility index (Phi) is 5.45. The molecule has 2 aromatic heterocycles. The van der Waals surface area contributed by atoms with Crippen LogP contribution in [0.4, 0.5) is 0 Å². The molecular formula is C19H25N5O3. The average Bonchev–Trinajstić information content (AvgIpc) is 3.36. The highest BCUT2D eigenvalue weighted by Gasteiger charge is 2.30. The largest absolute Gasteiger partial charge is 0.390 e. The number of aliphatic hydroxyl groups excluding tert-OH is 1. The highest BCUT2D eigenvalue weighted by atomic mass is 16.5. The molecule has 2 aromatic rings. The molecule has 4 rings (SSSR count). The van der Waals surface area contributed by atoms with Crippen LogP contribution < -0.4 is 5.32 Å². The molecule has 8 heteroatoms. The Bertz CT molecular complexity index is 760. The fourth-order valence-electron chi connectivity index (χ4n) is 3.92. The minimum Gasteiger partial charge on any atom is -0.390 e. The highest BCUT2D eigenvalue weighted by Crippen LogP contribution is 2.33. The number of amides is 1. The number of likely N-dealkylation sites (tertiary alicyclic amines) is 1. The van der Waals surface area contributed by atoms with Gasteiger partial charge in [-0.3, -0.25) is 14.7 Å². The van der Waals surface area contributed by atoms with Gasteiger partial charge in [0.05, 0.1) is 18.7 Å². The van der Waals surface area contributed by atoms with Crippen LogP contribution in [0.1, 0.15) is 60.2 Å². The number of pyridine rings is 1. The fraction of sp³-hybridized carbons (Fsp3) is 0.579. The molecule has 0 bridgehead atoms. The van der Waals surface area contributed by atoms with Gasteiger partial charge in [-0.1, -0.05) is 24.1 Å². The molecule has 3 heterocycles. The van der Waals surface area contributed by atoms with Crippen LogP contribution >= 0.6 is 0 Å². The molecule has 1 saturated carbocycles. The summed E-state index contributed by atoms with van der Waals surface area (Å²) >= 11 is 0. The number of aromatic nitrogens is 3. The van der Waals surface area contributed by atoms with Crippen molar-refractivity contribution in [3.05, 3.63) is 41.8 Å². The van der Waals surface area contributed by atoms with Gasteiger partial charge in [-0.05, 0) is 31.4 Å². The molecule has 1 aliphatic carbocycles. The van der Waals surface area contributed by atoms with Crippen LogP contribution in [-0.4, -0.2) is 56.3 Å². The van der Waals surface area contributed by atoms with E-state index in [1.807, 2.05) is 0 Å². The predicted molar refractivity (Wildman–Crippen MR) is 96.9 cm³/mol. The first-order chi connectivity index (χ1) is 13.2. The predicted octanol–water partition coefficient (Wildman–Crippen LogP) is 1.49. The number of nitrogens with zero attached hydrogens (tertiary/aromatic N) is 4. The molecule has 27 heavy (non-hydrogen) atoms. The lowest BCUT2D eigenvalue weighted by atomic mass is 10.0. The van der Waals surface area contributed by atoms with Crippen molar-refractivity contribution in [1.82, 2.24) is 25.3 Å². The summed E-state index contributed by atoms with van der Waals surface area (Å²) in [7, 11) is 0. The first-order valence-electron chi connectivity index (χ1n) is 9.64. The number of β-amino-alcohol motifs (C(OH)–C–C–N with tert-alkyl or cyclic N) is 1. The van der Waals surface area contributed by atoms with Crippen molar-refractivity contribution in [2.24, 2.45) is 0 Å². The third-order valence-electron chi connectivity index (χ3n) is 5.43. The second-order valence-corrected chi connectivity index (χ2v) is 7.42. The summed E-state index contributed by atoms with van der Waals surface area (Å²) in [6.07, 6.45) is 6.31. The molecule has 0 radical (unpaired) electrons. The van der Waals surface area contributed by atoms with Gasteiger partial charge in [0.25, 0.3) is 5.91 Å². The topological polar surface area (TPSA) is 104 Å². The number of piperidine rings is 1. The zero-order valence-electron chi connectivity index (χ0n) is 15.3. The van der Waals surface area contributed by atoms with E-state index in [1.165, 1.54) is 12.8 Å². The van der Waals surface area contributed by atoms with Crippen molar-refractivity contribution in [2.45, 2.75) is 56.7 Å². The van der Waals surface area contributed by atoms with E-state index in [4.69, 9.17) is 4.52 Å². The Morgan fingerprint density at radius 2 is 2.15 bits per heavy atom. The maximum absolute atomic E-state index is 12.2. The lowest BCUT2D eigenvalue weighted by molar-refractivity contribution is 0.0337. The molecule has 2 aliphatic rings. The molecule has 1 saturated heterocycles. The monoisotopic (exact) mass is 371 g/mol. The van der Waals surface area contributed by atoms with Gasteiger partial charge in [0.15, 0.2) is 5.82 Å². The summed E-state index contributed by atoms with van der Waals surface area (Å²) in [6.45, 7) is 1.76. The minimum absolute atomic E-state index is 0.257. The molecule has 1 amide bonds. The van der Waals surface area contributed by atoms with Gasteiger partial charge < -0.3 is 14.9 Å². The Balaban J connectivity index is 1.29. The van der Waals surface area contributed by atoms with Crippen LogP contribution in [0.3, 0.4) is 0 Å². The minimum atomic E-state index is -0.646. The van der Waals surface area contributed by atoms with Gasteiger partial charge >= 0.3 is 0 Å². The van der Waals surface area contributed by atoms with Crippen molar-refractivity contribution in [1.29, 1.82) is 0 Å². The quantitative estimate of drug-likeness (QED) is 0.820. The summed E-state index contributed by atoms with van der Waals surface area (Å²) < 4.78 is 5.43. The van der Waals surface area contributed by atoms with Gasteiger partial charge in [-0.25, -0.2) is 0 Å². The van der Waals surface area contributed by atoms with E-state index in [9.17, 15) is 9.90 Å². The maximum atomic E-state index is 12.2. The molecule has 0 unspecified atom stereocenters. The Hall–Kier alpha value is -2.32. The van der Waals surface area contributed by atoms with Crippen LogP contribution in [0.2, 0.25) is 0 Å². The van der Waals surface area contributed by atoms with Gasteiger partial charge in [0.2, 0.25) is 5.89 Å². The maximum Gasteiger partial charge on any atom is 0.270 e. The summed E-state index contributed by atoms with van der Waals surface area (Å²) in [5.41, 5.74) is 0.360. The van der Waals surface area contributed by atoms with Crippen LogP contribution in [-0.2, 0) is 6.54 Å². The standard InChI is InChI=1S/C19H25N5O3/c25-16-11-24(12-17-22-19(27-23-17)13-5-1-2-6-13)10-8-14(16)21-18(26)15-7-3-4-9-20-15/h3-4,7,9,13-14,16,25H,1-2,5-6,8,10-12H2,(H,21,26)/t14-,16-/m1/s1. The zero-order valence-corrected chi connectivity index (χ0v) is 15.3. The van der Waals surface area contributed by atoms with Gasteiger partial charge in [-0.2, -0.15) is 4.98 Å². The average molecular weight is 371 g/mol. The molecule has 1 aliphatic heterocycles. The van der Waals surface area contributed by atoms with Crippen molar-refractivity contribution < 1.29 is 14.4 Å². The van der Waals surface area contributed by atoms with E-state index in [0.717, 1.165) is 25.3 Å². The highest BCUT2D eigenvalue weighted by molar-refractivity contribution is 5.92. The van der Waals surface area contributed by atoms with Gasteiger partial charge in [0, 0.05) is 25.2 Å². The summed E-state index contributed by atoms with van der Waals surface area (Å²) in [6, 6.07) is 4.91. The molecular weight excluding hydrogens is 346 g/mol. The number of hydrogen-bond donors (Lipinski definition) is 2. The number of hydrogen-bond acceptors (Lipinski definition) is 7. The first kappa shape index (κ1) is 18.1. The molecule has 0 spiro atoms. The van der Waals surface area contributed by atoms with E-state index < -0.39 is 6.10 Å². The second kappa shape index (κ2) is 8.14. The van der Waals surface area contributed by atoms with Crippen LogP contribution in [0.5, 0.6) is 0 Å². The fourth-order valence-corrected chi connectivity index (χ4v) is 3.92. The third kappa shape index (κ3) is 4.33. The normalized spacial score (nSPS) is 24.2. The number of carbonyl (C=O) groups excluding carboxylic acids is 1. The summed E-state index contributed by atoms with van der Waals surface area (Å²) in [5, 5.41) is 17.4. The van der Waals surface area contributed by atoms with E-state index in [0.29, 0.717) is 36.9 Å². The zero-order chi connectivity index (χ0) is 18.6. The van der Waals surface area contributed by atoms with Gasteiger partial charge in [-0.15, -0.1) is 0 Å². The summed E-state index contributed by atoms with van der Waals surface area (Å²) in [5.74, 6) is 1.57. The van der Waals surface area contributed by atoms with Gasteiger partial charge in [0.1, 0.15) is 5.69 Å². The third-order valence-corrected chi connectivity index (χ3v) is 5.43. The van der Waals surface area contributed by atoms with Crippen LogP contribution in [0, 0.1) is 0 Å². The number of rotatable bonds is 5. The van der Waals surface area contributed by atoms with Crippen LogP contribution in [0.15, 0.2) is 28.9 Å². The van der Waals surface area contributed by atoms with E-state index >= 15 is 0 Å². The molecule has 2 N–H and O–H groups in total. The summed E-state index contributed by atoms with van der Waals surface area (Å²) in [4.78, 5) is 22.9. The number of aliphatic hydroxyl groups is 1. The smallest absolute Gasteiger partial charge is 0.270 e. The van der Waals surface area contributed by atoms with Crippen molar-refractivity contribution in [3.8, 4) is 0 Å². The second-order valence-electron chi connectivity index (χ2n) is 7.42. The van der Waals surface area contributed by atoms with Crippen molar-refractivity contribution in [2.75, 3.05) is 13.1 Å². The molecule has 144 valence electrons.